The number of hydrogen-bond acceptors (Lipinski definition) is 3. The van der Waals surface area contributed by atoms with E-state index in [0.717, 1.165) is 35.2 Å². The molecular formula is C16H20N4O2. The van der Waals surface area contributed by atoms with Gasteiger partial charge in [0.1, 0.15) is 5.69 Å². The van der Waals surface area contributed by atoms with Crippen LogP contribution in [0.4, 0.5) is 0 Å². The maximum Gasteiger partial charge on any atom is 0.270 e. The molecule has 2 aromatic heterocycles. The quantitative estimate of drug-likeness (QED) is 0.940. The highest BCUT2D eigenvalue weighted by Gasteiger charge is 2.27. The van der Waals surface area contributed by atoms with Gasteiger partial charge in [-0.15, -0.1) is 0 Å². The normalized spacial score (nSPS) is 14.0. The zero-order chi connectivity index (χ0) is 15.9. The second kappa shape index (κ2) is 5.44. The Bertz CT molecular complexity index is 741. The molecule has 6 heteroatoms. The fraction of sp³-hybridized carbons (Fsp3) is 0.438. The van der Waals surface area contributed by atoms with Crippen LogP contribution in [-0.4, -0.2) is 38.4 Å². The predicted octanol–water partition coefficient (Wildman–Crippen LogP) is 1.85. The van der Waals surface area contributed by atoms with Gasteiger partial charge in [0, 0.05) is 50.1 Å². The van der Waals surface area contributed by atoms with Crippen molar-refractivity contribution in [3.8, 4) is 0 Å². The Morgan fingerprint density at radius 2 is 2.23 bits per heavy atom. The largest absolute Gasteiger partial charge is 0.354 e. The number of H-pyrrole nitrogens is 1. The molecule has 0 fully saturated rings. The Labute approximate surface area is 129 Å². The van der Waals surface area contributed by atoms with Crippen molar-refractivity contribution < 1.29 is 9.59 Å². The number of nitrogens with zero attached hydrogens (tertiary/aromatic N) is 3. The van der Waals surface area contributed by atoms with E-state index in [9.17, 15) is 9.59 Å². The van der Waals surface area contributed by atoms with Crippen molar-refractivity contribution in [2.75, 3.05) is 7.05 Å². The lowest BCUT2D eigenvalue weighted by molar-refractivity contribution is 0.0779. The fourth-order valence-electron chi connectivity index (χ4n) is 3.08. The molecular weight excluding hydrogens is 280 g/mol. The maximum absolute atomic E-state index is 12.7. The first-order valence-corrected chi connectivity index (χ1v) is 7.45. The van der Waals surface area contributed by atoms with Gasteiger partial charge in [-0.3, -0.25) is 14.3 Å². The number of carbonyl (C=O) groups excluding carboxylic acids is 2. The van der Waals surface area contributed by atoms with Crippen molar-refractivity contribution in [1.29, 1.82) is 0 Å². The molecule has 0 aromatic carbocycles. The van der Waals surface area contributed by atoms with Crippen molar-refractivity contribution in [2.24, 2.45) is 7.05 Å². The van der Waals surface area contributed by atoms with E-state index < -0.39 is 0 Å². The van der Waals surface area contributed by atoms with E-state index in [0.29, 0.717) is 18.7 Å². The van der Waals surface area contributed by atoms with Gasteiger partial charge in [-0.2, -0.15) is 5.10 Å². The van der Waals surface area contributed by atoms with E-state index in [1.807, 2.05) is 20.2 Å². The molecule has 2 heterocycles. The summed E-state index contributed by atoms with van der Waals surface area (Å²) in [7, 11) is 3.61. The number of aromatic amines is 1. The number of rotatable bonds is 3. The number of fused-ring (bicyclic) bond motifs is 1. The highest BCUT2D eigenvalue weighted by atomic mass is 16.2. The van der Waals surface area contributed by atoms with Gasteiger partial charge in [-0.1, -0.05) is 0 Å². The van der Waals surface area contributed by atoms with Crippen LogP contribution in [0.15, 0.2) is 12.4 Å². The summed E-state index contributed by atoms with van der Waals surface area (Å²) >= 11 is 0. The molecule has 3 rings (SSSR count). The third kappa shape index (κ3) is 2.45. The van der Waals surface area contributed by atoms with Crippen LogP contribution < -0.4 is 0 Å². The van der Waals surface area contributed by atoms with E-state index in [-0.39, 0.29) is 11.7 Å². The minimum absolute atomic E-state index is 0.0939. The monoisotopic (exact) mass is 300 g/mol. The van der Waals surface area contributed by atoms with E-state index in [2.05, 4.69) is 10.1 Å². The molecule has 0 unspecified atom stereocenters. The second-order valence-corrected chi connectivity index (χ2v) is 5.94. The van der Waals surface area contributed by atoms with E-state index in [1.54, 1.807) is 22.8 Å². The Morgan fingerprint density at radius 3 is 2.86 bits per heavy atom. The Morgan fingerprint density at radius 1 is 1.45 bits per heavy atom. The number of hydrogen-bond donors (Lipinski definition) is 1. The number of nitrogens with one attached hydrogen (secondary N) is 1. The molecule has 0 aliphatic heterocycles. The first kappa shape index (κ1) is 14.6. The molecule has 0 saturated carbocycles. The third-order valence-electron chi connectivity index (χ3n) is 4.18. The molecule has 2 aromatic rings. The van der Waals surface area contributed by atoms with Crippen LogP contribution in [0, 0.1) is 6.92 Å². The number of Topliss-reactive ketones (excluding diaryl/α,β-unsaturated/α-hetero) is 1. The van der Waals surface area contributed by atoms with Crippen LogP contribution in [0.25, 0.3) is 0 Å². The molecule has 0 spiro atoms. The SMILES string of the molecule is Cc1c(C(=O)N(C)Cc2cnn(C)c2)[nH]c2c1C(=O)CCC2. The molecule has 0 bridgehead atoms. The van der Waals surface area contributed by atoms with Crippen LogP contribution >= 0.6 is 0 Å². The van der Waals surface area contributed by atoms with Crippen molar-refractivity contribution >= 4 is 11.7 Å². The average molecular weight is 300 g/mol. The lowest BCUT2D eigenvalue weighted by atomic mass is 9.94. The zero-order valence-electron chi connectivity index (χ0n) is 13.1. The van der Waals surface area contributed by atoms with E-state index in [1.165, 1.54) is 0 Å². The minimum Gasteiger partial charge on any atom is -0.354 e. The first-order chi connectivity index (χ1) is 10.5. The summed E-state index contributed by atoms with van der Waals surface area (Å²) in [6.45, 7) is 2.34. The first-order valence-electron chi connectivity index (χ1n) is 7.45. The number of aryl methyl sites for hydroxylation is 2. The van der Waals surface area contributed by atoms with E-state index in [4.69, 9.17) is 0 Å². The third-order valence-corrected chi connectivity index (χ3v) is 4.18. The van der Waals surface area contributed by atoms with Gasteiger partial charge < -0.3 is 9.88 Å². The van der Waals surface area contributed by atoms with Crippen LogP contribution in [-0.2, 0) is 20.0 Å². The molecule has 1 aliphatic rings. The van der Waals surface area contributed by atoms with Crippen molar-refractivity contribution in [2.45, 2.75) is 32.7 Å². The van der Waals surface area contributed by atoms with Gasteiger partial charge in [0.2, 0.25) is 0 Å². The molecule has 22 heavy (non-hydrogen) atoms. The standard InChI is InChI=1S/C16H20N4O2/c1-10-14-12(5-4-6-13(14)21)18-15(10)16(22)19(2)8-11-7-17-20(3)9-11/h7,9,18H,4-6,8H2,1-3H3. The van der Waals surface area contributed by atoms with Crippen LogP contribution in [0.5, 0.6) is 0 Å². The summed E-state index contributed by atoms with van der Waals surface area (Å²) in [4.78, 5) is 29.5. The summed E-state index contributed by atoms with van der Waals surface area (Å²) < 4.78 is 1.71. The number of amides is 1. The molecule has 6 nitrogen and oxygen atoms in total. The van der Waals surface area contributed by atoms with Gasteiger partial charge in [0.15, 0.2) is 5.78 Å². The van der Waals surface area contributed by atoms with Crippen LogP contribution in [0.1, 0.15) is 50.5 Å². The highest BCUT2D eigenvalue weighted by Crippen LogP contribution is 2.27. The minimum atomic E-state index is -0.0939. The highest BCUT2D eigenvalue weighted by molar-refractivity contribution is 6.04. The van der Waals surface area contributed by atoms with Crippen LogP contribution in [0.2, 0.25) is 0 Å². The molecule has 1 aliphatic carbocycles. The number of carbonyl (C=O) groups is 2. The summed E-state index contributed by atoms with van der Waals surface area (Å²) in [6, 6.07) is 0. The molecule has 1 N–H and O–H groups in total. The van der Waals surface area contributed by atoms with Crippen LogP contribution in [0.3, 0.4) is 0 Å². The van der Waals surface area contributed by atoms with Crippen molar-refractivity contribution in [3.63, 3.8) is 0 Å². The number of ketones is 1. The molecule has 0 atom stereocenters. The zero-order valence-corrected chi connectivity index (χ0v) is 13.1. The van der Waals surface area contributed by atoms with Gasteiger partial charge in [-0.05, 0) is 25.3 Å². The Balaban J connectivity index is 1.84. The average Bonchev–Trinajstić information content (AvgIpc) is 3.03. The lowest BCUT2D eigenvalue weighted by Gasteiger charge is -2.16. The van der Waals surface area contributed by atoms with Gasteiger partial charge in [0.25, 0.3) is 5.91 Å². The van der Waals surface area contributed by atoms with Gasteiger partial charge >= 0.3 is 0 Å². The van der Waals surface area contributed by atoms with Gasteiger partial charge in [0.05, 0.1) is 6.20 Å². The second-order valence-electron chi connectivity index (χ2n) is 5.94. The lowest BCUT2D eigenvalue weighted by Crippen LogP contribution is -2.27. The fourth-order valence-corrected chi connectivity index (χ4v) is 3.08. The summed E-state index contributed by atoms with van der Waals surface area (Å²) in [5, 5.41) is 4.11. The smallest absolute Gasteiger partial charge is 0.270 e. The summed E-state index contributed by atoms with van der Waals surface area (Å²) in [5.41, 5.74) is 3.93. The Hall–Kier alpha value is -2.37. The molecule has 0 saturated heterocycles. The van der Waals surface area contributed by atoms with Gasteiger partial charge in [-0.25, -0.2) is 0 Å². The summed E-state index contributed by atoms with van der Waals surface area (Å²) in [6.07, 6.45) is 5.90. The molecule has 116 valence electrons. The van der Waals surface area contributed by atoms with Crippen molar-refractivity contribution in [3.05, 3.63) is 40.5 Å². The maximum atomic E-state index is 12.7. The summed E-state index contributed by atoms with van der Waals surface area (Å²) in [5.74, 6) is 0.0486. The Kier molecular flexibility index (Phi) is 3.60. The molecule has 1 amide bonds. The molecule has 0 radical (unpaired) electrons. The topological polar surface area (TPSA) is 71.0 Å². The number of aromatic nitrogens is 3. The van der Waals surface area contributed by atoms with E-state index >= 15 is 0 Å². The van der Waals surface area contributed by atoms with Crippen molar-refractivity contribution in [1.82, 2.24) is 19.7 Å². The predicted molar refractivity (Wildman–Crippen MR) is 81.8 cm³/mol.